The summed E-state index contributed by atoms with van der Waals surface area (Å²) in [7, 11) is 0. The molecule has 0 radical (unpaired) electrons. The molecule has 0 saturated carbocycles. The molecule has 0 N–H and O–H groups in total. The van der Waals surface area contributed by atoms with Crippen LogP contribution in [0.5, 0.6) is 0 Å². The summed E-state index contributed by atoms with van der Waals surface area (Å²) in [4.78, 5) is 15.5. The molecule has 0 atom stereocenters. The summed E-state index contributed by atoms with van der Waals surface area (Å²) in [6, 6.07) is 0.175. The van der Waals surface area contributed by atoms with Gasteiger partial charge in [0, 0.05) is 26.2 Å². The van der Waals surface area contributed by atoms with Crippen molar-refractivity contribution in [1.29, 1.82) is 0 Å². The van der Waals surface area contributed by atoms with E-state index in [0.717, 1.165) is 32.6 Å². The Morgan fingerprint density at radius 1 is 0.923 bits per heavy atom. The molecule has 0 bridgehead atoms. The molecule has 0 aromatic carbocycles. The Kier molecular flexibility index (Phi) is 6.37. The first-order valence-electron chi connectivity index (χ1n) is 5.24. The van der Waals surface area contributed by atoms with Gasteiger partial charge in [0.15, 0.2) is 0 Å². The monoisotopic (exact) mass is 186 g/mol. The molecule has 13 heavy (non-hydrogen) atoms. The number of urea groups is 1. The minimum atomic E-state index is 0.175. The van der Waals surface area contributed by atoms with Crippen LogP contribution in [0.25, 0.3) is 0 Å². The Morgan fingerprint density at radius 2 is 1.38 bits per heavy atom. The van der Waals surface area contributed by atoms with E-state index in [2.05, 4.69) is 6.92 Å². The molecular weight excluding hydrogens is 164 g/mol. The van der Waals surface area contributed by atoms with E-state index >= 15 is 0 Å². The van der Waals surface area contributed by atoms with E-state index in [4.69, 9.17) is 0 Å². The number of carbonyl (C=O) groups is 1. The van der Waals surface area contributed by atoms with Gasteiger partial charge in [-0.05, 0) is 27.2 Å². The lowest BCUT2D eigenvalue weighted by atomic mass is 10.4. The third-order valence-electron chi connectivity index (χ3n) is 2.18. The highest BCUT2D eigenvalue weighted by molar-refractivity contribution is 5.74. The van der Waals surface area contributed by atoms with Crippen molar-refractivity contribution in [3.8, 4) is 0 Å². The van der Waals surface area contributed by atoms with Gasteiger partial charge in [0.05, 0.1) is 0 Å². The second kappa shape index (κ2) is 6.75. The van der Waals surface area contributed by atoms with Gasteiger partial charge in [0.25, 0.3) is 0 Å². The molecule has 0 spiro atoms. The molecular formula is C10H22N2O. The highest BCUT2D eigenvalue weighted by Crippen LogP contribution is 1.99. The molecule has 0 unspecified atom stereocenters. The Balaban J connectivity index is 4.16. The summed E-state index contributed by atoms with van der Waals surface area (Å²) >= 11 is 0. The second-order valence-electron chi connectivity index (χ2n) is 3.03. The van der Waals surface area contributed by atoms with Crippen molar-refractivity contribution in [2.45, 2.75) is 34.1 Å². The molecule has 3 heteroatoms. The molecule has 0 heterocycles. The van der Waals surface area contributed by atoms with E-state index in [0.29, 0.717) is 0 Å². The highest BCUT2D eigenvalue weighted by Gasteiger charge is 2.15. The van der Waals surface area contributed by atoms with Crippen LogP contribution in [0.2, 0.25) is 0 Å². The van der Waals surface area contributed by atoms with E-state index in [9.17, 15) is 4.79 Å². The Bertz CT molecular complexity index is 144. The zero-order valence-electron chi connectivity index (χ0n) is 9.34. The van der Waals surface area contributed by atoms with Gasteiger partial charge < -0.3 is 9.80 Å². The molecule has 3 nitrogen and oxygen atoms in total. The van der Waals surface area contributed by atoms with Crippen molar-refractivity contribution < 1.29 is 4.79 Å². The average Bonchev–Trinajstić information content (AvgIpc) is 2.15. The van der Waals surface area contributed by atoms with Gasteiger partial charge in [-0.1, -0.05) is 6.92 Å². The van der Waals surface area contributed by atoms with Gasteiger partial charge in [-0.3, -0.25) is 0 Å². The summed E-state index contributed by atoms with van der Waals surface area (Å²) in [6.45, 7) is 11.4. The van der Waals surface area contributed by atoms with Gasteiger partial charge >= 0.3 is 6.03 Å². The third kappa shape index (κ3) is 3.66. The first-order valence-corrected chi connectivity index (χ1v) is 5.24. The van der Waals surface area contributed by atoms with Crippen molar-refractivity contribution in [3.05, 3.63) is 0 Å². The molecule has 0 rings (SSSR count). The molecule has 0 aromatic heterocycles. The zero-order valence-corrected chi connectivity index (χ0v) is 9.34. The smallest absolute Gasteiger partial charge is 0.319 e. The fourth-order valence-electron chi connectivity index (χ4n) is 1.35. The summed E-state index contributed by atoms with van der Waals surface area (Å²) in [5.74, 6) is 0. The van der Waals surface area contributed by atoms with E-state index < -0.39 is 0 Å². The number of amides is 2. The van der Waals surface area contributed by atoms with E-state index in [-0.39, 0.29) is 6.03 Å². The normalized spacial score (nSPS) is 9.85. The summed E-state index contributed by atoms with van der Waals surface area (Å²) < 4.78 is 0. The van der Waals surface area contributed by atoms with Gasteiger partial charge in [-0.25, -0.2) is 4.79 Å². The Morgan fingerprint density at radius 3 is 1.69 bits per heavy atom. The van der Waals surface area contributed by atoms with Crippen molar-refractivity contribution in [3.63, 3.8) is 0 Å². The van der Waals surface area contributed by atoms with E-state index in [1.807, 2.05) is 30.6 Å². The van der Waals surface area contributed by atoms with Gasteiger partial charge in [-0.2, -0.15) is 0 Å². The van der Waals surface area contributed by atoms with Crippen LogP contribution in [0.1, 0.15) is 34.1 Å². The maximum atomic E-state index is 11.8. The Hall–Kier alpha value is -0.730. The second-order valence-corrected chi connectivity index (χ2v) is 3.03. The lowest BCUT2D eigenvalue weighted by molar-refractivity contribution is 0.160. The van der Waals surface area contributed by atoms with Crippen LogP contribution in [0.15, 0.2) is 0 Å². The lowest BCUT2D eigenvalue weighted by Crippen LogP contribution is -2.43. The molecule has 0 aliphatic heterocycles. The molecule has 0 aliphatic carbocycles. The van der Waals surface area contributed by atoms with Gasteiger partial charge in [0.2, 0.25) is 0 Å². The topological polar surface area (TPSA) is 23.6 Å². The predicted molar refractivity (Wildman–Crippen MR) is 55.9 cm³/mol. The van der Waals surface area contributed by atoms with Crippen LogP contribution in [0, 0.1) is 0 Å². The van der Waals surface area contributed by atoms with Crippen LogP contribution in [-0.2, 0) is 0 Å². The van der Waals surface area contributed by atoms with Crippen molar-refractivity contribution in [1.82, 2.24) is 9.80 Å². The van der Waals surface area contributed by atoms with Gasteiger partial charge in [0.1, 0.15) is 0 Å². The minimum Gasteiger partial charge on any atom is -0.325 e. The average molecular weight is 186 g/mol. The quantitative estimate of drug-likeness (QED) is 0.645. The van der Waals surface area contributed by atoms with Crippen LogP contribution in [0.4, 0.5) is 4.79 Å². The van der Waals surface area contributed by atoms with E-state index in [1.165, 1.54) is 0 Å². The molecule has 2 amide bonds. The number of carbonyl (C=O) groups excluding carboxylic acids is 1. The van der Waals surface area contributed by atoms with Crippen LogP contribution in [0.3, 0.4) is 0 Å². The molecule has 0 saturated heterocycles. The number of nitrogens with zero attached hydrogens (tertiary/aromatic N) is 2. The van der Waals surface area contributed by atoms with Gasteiger partial charge in [-0.15, -0.1) is 0 Å². The predicted octanol–water partition coefficient (Wildman–Crippen LogP) is 2.18. The first kappa shape index (κ1) is 12.3. The lowest BCUT2D eigenvalue weighted by Gasteiger charge is -2.28. The molecule has 78 valence electrons. The van der Waals surface area contributed by atoms with Crippen LogP contribution < -0.4 is 0 Å². The largest absolute Gasteiger partial charge is 0.325 e. The standard InChI is InChI=1S/C10H22N2O/c1-5-9-12(8-4)10(13)11(6-2)7-3/h5-9H2,1-4H3. The SMILES string of the molecule is CCCN(CC)C(=O)N(CC)CC. The van der Waals surface area contributed by atoms with Crippen molar-refractivity contribution in [2.75, 3.05) is 26.2 Å². The number of rotatable bonds is 5. The summed E-state index contributed by atoms with van der Waals surface area (Å²) in [5.41, 5.74) is 0. The highest BCUT2D eigenvalue weighted by atomic mass is 16.2. The van der Waals surface area contributed by atoms with E-state index in [1.54, 1.807) is 0 Å². The third-order valence-corrected chi connectivity index (χ3v) is 2.18. The first-order chi connectivity index (χ1) is 6.21. The fraction of sp³-hybridized carbons (Fsp3) is 0.900. The number of hydrogen-bond acceptors (Lipinski definition) is 1. The fourth-order valence-corrected chi connectivity index (χ4v) is 1.35. The molecule has 0 aliphatic rings. The Labute approximate surface area is 81.7 Å². The zero-order chi connectivity index (χ0) is 10.3. The van der Waals surface area contributed by atoms with Crippen molar-refractivity contribution >= 4 is 6.03 Å². The summed E-state index contributed by atoms with van der Waals surface area (Å²) in [6.07, 6.45) is 1.03. The molecule has 0 fully saturated rings. The van der Waals surface area contributed by atoms with Crippen LogP contribution >= 0.6 is 0 Å². The minimum absolute atomic E-state index is 0.175. The maximum Gasteiger partial charge on any atom is 0.319 e. The maximum absolute atomic E-state index is 11.8. The van der Waals surface area contributed by atoms with Crippen molar-refractivity contribution in [2.24, 2.45) is 0 Å². The van der Waals surface area contributed by atoms with Crippen LogP contribution in [-0.4, -0.2) is 42.0 Å². The summed E-state index contributed by atoms with van der Waals surface area (Å²) in [5, 5.41) is 0. The number of hydrogen-bond donors (Lipinski definition) is 0. The molecule has 0 aromatic rings.